The highest BCUT2D eigenvalue weighted by Gasteiger charge is 2.09. The molecule has 0 radical (unpaired) electrons. The van der Waals surface area contributed by atoms with Gasteiger partial charge in [-0.3, -0.25) is 0 Å². The zero-order chi connectivity index (χ0) is 12.9. The molecule has 4 heteroatoms. The van der Waals surface area contributed by atoms with Crippen LogP contribution in [0.4, 0.5) is 0 Å². The summed E-state index contributed by atoms with van der Waals surface area (Å²) in [4.78, 5) is 0. The molecule has 1 N–H and O–H groups in total. The molecule has 0 saturated heterocycles. The zero-order valence-corrected chi connectivity index (χ0v) is 12.2. The summed E-state index contributed by atoms with van der Waals surface area (Å²) in [6.45, 7) is 6.90. The van der Waals surface area contributed by atoms with Gasteiger partial charge < -0.3 is 9.84 Å². The average Bonchev–Trinajstić information content (AvgIpc) is 2.23. The third-order valence-corrected chi connectivity index (χ3v) is 3.46. The topological polar surface area (TPSA) is 29.5 Å². The van der Waals surface area contributed by atoms with Crippen LogP contribution in [0, 0.1) is 0 Å². The molecule has 94 valence electrons. The lowest BCUT2D eigenvalue weighted by Crippen LogP contribution is -2.20. The fourth-order valence-electron chi connectivity index (χ4n) is 1.19. The van der Waals surface area contributed by atoms with E-state index in [1.165, 1.54) is 0 Å². The maximum Gasteiger partial charge on any atom is 0.120 e. The maximum absolute atomic E-state index is 9.72. The number of hydrogen-bond acceptors (Lipinski definition) is 2. The predicted octanol–water partition coefficient (Wildman–Crippen LogP) is 3.51. The molecule has 0 aliphatic rings. The molecule has 0 unspecified atom stereocenters. The standard InChI is InChI=1S/C13H19ClO2Si/c1-17(2,3)8-7-12(15)10-16-13-6-4-5-11(14)9-13/h4-9,12,15H,10H2,1-3H3/b8-7+/t12-/m0/s1. The predicted molar refractivity (Wildman–Crippen MR) is 75.4 cm³/mol. The lowest BCUT2D eigenvalue weighted by atomic mass is 10.3. The Bertz CT molecular complexity index is 385. The van der Waals surface area contributed by atoms with Crippen LogP contribution < -0.4 is 4.74 Å². The van der Waals surface area contributed by atoms with Gasteiger partial charge in [-0.2, -0.15) is 0 Å². The fourth-order valence-corrected chi connectivity index (χ4v) is 2.17. The number of aliphatic hydroxyl groups excluding tert-OH is 1. The van der Waals surface area contributed by atoms with Crippen LogP contribution in [0.25, 0.3) is 0 Å². The Morgan fingerprint density at radius 2 is 2.12 bits per heavy atom. The highest BCUT2D eigenvalue weighted by molar-refractivity contribution is 6.80. The molecule has 0 aliphatic carbocycles. The largest absolute Gasteiger partial charge is 0.491 e. The quantitative estimate of drug-likeness (QED) is 0.830. The number of ether oxygens (including phenoxy) is 1. The second-order valence-electron chi connectivity index (χ2n) is 5.06. The van der Waals surface area contributed by atoms with Crippen LogP contribution in [0.15, 0.2) is 36.0 Å². The molecule has 0 heterocycles. The molecule has 1 atom stereocenters. The second-order valence-corrected chi connectivity index (χ2v) is 10.6. The molecule has 1 aromatic rings. The summed E-state index contributed by atoms with van der Waals surface area (Å²) in [5.74, 6) is 0.679. The van der Waals surface area contributed by atoms with E-state index in [2.05, 4.69) is 25.3 Å². The van der Waals surface area contributed by atoms with Crippen LogP contribution in [0.5, 0.6) is 5.75 Å². The summed E-state index contributed by atoms with van der Waals surface area (Å²) in [5.41, 5.74) is 2.11. The molecule has 0 bridgehead atoms. The highest BCUT2D eigenvalue weighted by Crippen LogP contribution is 2.17. The van der Waals surface area contributed by atoms with Crippen molar-refractivity contribution in [3.05, 3.63) is 41.1 Å². The molecule has 2 nitrogen and oxygen atoms in total. The summed E-state index contributed by atoms with van der Waals surface area (Å²) in [5, 5.41) is 10.4. The number of aliphatic hydroxyl groups is 1. The Morgan fingerprint density at radius 3 is 2.71 bits per heavy atom. The maximum atomic E-state index is 9.72. The molecule has 0 spiro atoms. The first kappa shape index (κ1) is 14.3. The molecule has 17 heavy (non-hydrogen) atoms. The first-order valence-corrected chi connectivity index (χ1v) is 9.58. The van der Waals surface area contributed by atoms with E-state index in [1.807, 2.05) is 18.2 Å². The van der Waals surface area contributed by atoms with E-state index in [-0.39, 0.29) is 6.61 Å². The molecule has 0 amide bonds. The first-order valence-electron chi connectivity index (χ1n) is 5.62. The lowest BCUT2D eigenvalue weighted by molar-refractivity contribution is 0.144. The van der Waals surface area contributed by atoms with Crippen molar-refractivity contribution < 1.29 is 9.84 Å². The van der Waals surface area contributed by atoms with E-state index in [9.17, 15) is 5.11 Å². The summed E-state index contributed by atoms with van der Waals surface area (Å²) in [6.07, 6.45) is 1.25. The van der Waals surface area contributed by atoms with Gasteiger partial charge in [0, 0.05) is 5.02 Å². The van der Waals surface area contributed by atoms with Gasteiger partial charge >= 0.3 is 0 Å². The third-order valence-electron chi connectivity index (χ3n) is 2.04. The monoisotopic (exact) mass is 270 g/mol. The van der Waals surface area contributed by atoms with Gasteiger partial charge in [0.1, 0.15) is 18.5 Å². The van der Waals surface area contributed by atoms with Crippen LogP contribution in [0.1, 0.15) is 0 Å². The molecule has 0 saturated carbocycles. The normalized spacial score (nSPS) is 13.9. The van der Waals surface area contributed by atoms with Crippen LogP contribution in [0.2, 0.25) is 24.7 Å². The van der Waals surface area contributed by atoms with E-state index in [0.29, 0.717) is 10.8 Å². The molecule has 0 aliphatic heterocycles. The summed E-state index contributed by atoms with van der Waals surface area (Å²) in [7, 11) is -1.25. The highest BCUT2D eigenvalue weighted by atomic mass is 35.5. The van der Waals surface area contributed by atoms with Gasteiger partial charge in [0.2, 0.25) is 0 Å². The van der Waals surface area contributed by atoms with E-state index >= 15 is 0 Å². The summed E-state index contributed by atoms with van der Waals surface area (Å²) < 4.78 is 5.44. The van der Waals surface area contributed by atoms with Gasteiger partial charge in [-0.05, 0) is 18.2 Å². The van der Waals surface area contributed by atoms with Crippen LogP contribution in [0.3, 0.4) is 0 Å². The van der Waals surface area contributed by atoms with Crippen molar-refractivity contribution in [3.63, 3.8) is 0 Å². The van der Waals surface area contributed by atoms with Gasteiger partial charge in [0.25, 0.3) is 0 Å². The van der Waals surface area contributed by atoms with Crippen LogP contribution in [-0.4, -0.2) is 25.9 Å². The molecule has 0 fully saturated rings. The number of halogens is 1. The minimum atomic E-state index is -1.25. The SMILES string of the molecule is C[Si](C)(C)/C=C/[C@H](O)COc1cccc(Cl)c1. The van der Waals surface area contributed by atoms with Crippen LogP contribution in [-0.2, 0) is 0 Å². The van der Waals surface area contributed by atoms with Crippen molar-refractivity contribution in [3.8, 4) is 5.75 Å². The van der Waals surface area contributed by atoms with E-state index in [0.717, 1.165) is 0 Å². The minimum Gasteiger partial charge on any atom is -0.491 e. The first-order chi connectivity index (χ1) is 7.87. The van der Waals surface area contributed by atoms with E-state index in [4.69, 9.17) is 16.3 Å². The van der Waals surface area contributed by atoms with Gasteiger partial charge in [-0.1, -0.05) is 49.1 Å². The Labute approximate surface area is 109 Å². The number of benzene rings is 1. The van der Waals surface area contributed by atoms with Gasteiger partial charge in [-0.25, -0.2) is 0 Å². The van der Waals surface area contributed by atoms with Crippen LogP contribution >= 0.6 is 11.6 Å². The van der Waals surface area contributed by atoms with Gasteiger partial charge in [0.15, 0.2) is 0 Å². The van der Waals surface area contributed by atoms with Crippen molar-refractivity contribution in [1.82, 2.24) is 0 Å². The molecule has 1 rings (SSSR count). The molecule has 1 aromatic carbocycles. The summed E-state index contributed by atoms with van der Waals surface area (Å²) >= 11 is 5.83. The Hall–Kier alpha value is -0.773. The fraction of sp³-hybridized carbons (Fsp3) is 0.385. The average molecular weight is 271 g/mol. The number of hydrogen-bond donors (Lipinski definition) is 1. The molecular formula is C13H19ClO2Si. The van der Waals surface area contributed by atoms with Gasteiger partial charge in [0.05, 0.1) is 8.07 Å². The van der Waals surface area contributed by atoms with E-state index in [1.54, 1.807) is 12.1 Å². The minimum absolute atomic E-state index is 0.251. The Morgan fingerprint density at radius 1 is 1.41 bits per heavy atom. The lowest BCUT2D eigenvalue weighted by Gasteiger charge is -2.12. The third kappa shape index (κ3) is 6.51. The zero-order valence-electron chi connectivity index (χ0n) is 10.5. The molecular weight excluding hydrogens is 252 g/mol. The summed E-state index contributed by atoms with van der Waals surface area (Å²) in [6, 6.07) is 7.16. The van der Waals surface area contributed by atoms with Crippen molar-refractivity contribution >= 4 is 19.7 Å². The van der Waals surface area contributed by atoms with Gasteiger partial charge in [-0.15, -0.1) is 0 Å². The number of rotatable bonds is 5. The van der Waals surface area contributed by atoms with Crippen molar-refractivity contribution in [2.45, 2.75) is 25.7 Å². The smallest absolute Gasteiger partial charge is 0.120 e. The second kappa shape index (κ2) is 6.24. The van der Waals surface area contributed by atoms with E-state index < -0.39 is 14.2 Å². The van der Waals surface area contributed by atoms with Crippen molar-refractivity contribution in [2.75, 3.05) is 6.61 Å². The molecule has 0 aromatic heterocycles. The Balaban J connectivity index is 2.43. The van der Waals surface area contributed by atoms with Crippen molar-refractivity contribution in [1.29, 1.82) is 0 Å². The Kier molecular flexibility index (Phi) is 5.24. The van der Waals surface area contributed by atoms with Crippen molar-refractivity contribution in [2.24, 2.45) is 0 Å².